The van der Waals surface area contributed by atoms with Crippen molar-refractivity contribution in [3.63, 3.8) is 0 Å². The van der Waals surface area contributed by atoms with Crippen LogP contribution < -0.4 is 10.6 Å². The molecule has 0 bridgehead atoms. The topological polar surface area (TPSA) is 49.5 Å². The Kier molecular flexibility index (Phi) is 5.39. The number of aryl methyl sites for hydroxylation is 1. The number of anilines is 1. The molecule has 0 aliphatic rings. The smallest absolute Gasteiger partial charge is 0.0726 e. The molecule has 0 saturated heterocycles. The summed E-state index contributed by atoms with van der Waals surface area (Å²) in [7, 11) is 2.01. The van der Waals surface area contributed by atoms with Gasteiger partial charge in [0.25, 0.3) is 0 Å². The maximum atomic E-state index is 9.83. The number of hydrogen-bond acceptors (Lipinski definition) is 3. The van der Waals surface area contributed by atoms with Gasteiger partial charge < -0.3 is 15.7 Å². The Morgan fingerprint density at radius 2 is 1.95 bits per heavy atom. The van der Waals surface area contributed by atoms with Crippen LogP contribution in [-0.2, 0) is 5.41 Å². The van der Waals surface area contributed by atoms with Crippen molar-refractivity contribution in [1.82, 2.24) is 0 Å². The Bertz CT molecular complexity index is 410. The minimum Gasteiger partial charge on any atom is -0.391 e. The molecule has 0 amide bonds. The molecule has 0 radical (unpaired) electrons. The highest BCUT2D eigenvalue weighted by Gasteiger charge is 2.16. The summed E-state index contributed by atoms with van der Waals surface area (Å²) >= 11 is 0. The van der Waals surface area contributed by atoms with Crippen LogP contribution in [0.3, 0.4) is 0 Å². The van der Waals surface area contributed by atoms with E-state index in [0.717, 1.165) is 0 Å². The molecule has 0 spiro atoms. The Labute approximate surface area is 117 Å². The number of benzene rings is 1. The average molecular weight is 264 g/mol. The fourth-order valence-electron chi connectivity index (χ4n) is 2.25. The predicted octanol–water partition coefficient (Wildman–Crippen LogP) is 2.44. The van der Waals surface area contributed by atoms with Crippen LogP contribution in [0.5, 0.6) is 0 Å². The van der Waals surface area contributed by atoms with Crippen molar-refractivity contribution in [3.05, 3.63) is 29.3 Å². The summed E-state index contributed by atoms with van der Waals surface area (Å²) in [6, 6.07) is 6.56. The van der Waals surface area contributed by atoms with E-state index in [9.17, 15) is 5.11 Å². The first-order chi connectivity index (χ1) is 8.75. The third kappa shape index (κ3) is 4.51. The zero-order chi connectivity index (χ0) is 14.6. The molecule has 1 aromatic rings. The summed E-state index contributed by atoms with van der Waals surface area (Å²) in [5.41, 5.74) is 9.38. The van der Waals surface area contributed by atoms with Crippen molar-refractivity contribution in [2.75, 3.05) is 25.0 Å². The lowest BCUT2D eigenvalue weighted by molar-refractivity contribution is 0.174. The van der Waals surface area contributed by atoms with Crippen molar-refractivity contribution in [1.29, 1.82) is 0 Å². The molecule has 0 heterocycles. The van der Waals surface area contributed by atoms with Gasteiger partial charge in [0.05, 0.1) is 6.10 Å². The summed E-state index contributed by atoms with van der Waals surface area (Å²) < 4.78 is 0. The molecule has 0 aliphatic heterocycles. The molecule has 19 heavy (non-hydrogen) atoms. The van der Waals surface area contributed by atoms with E-state index in [1.807, 2.05) is 7.05 Å². The zero-order valence-electron chi connectivity index (χ0n) is 12.9. The molecule has 1 unspecified atom stereocenters. The Morgan fingerprint density at radius 3 is 2.42 bits per heavy atom. The van der Waals surface area contributed by atoms with E-state index >= 15 is 0 Å². The largest absolute Gasteiger partial charge is 0.391 e. The standard InChI is InChI=1S/C16H28N2O/c1-12-10-13(16(2,3)4)6-7-15(12)18(5)11-14(19)8-9-17/h6-7,10,14,19H,8-9,11,17H2,1-5H3. The van der Waals surface area contributed by atoms with Gasteiger partial charge in [0.2, 0.25) is 0 Å². The monoisotopic (exact) mass is 264 g/mol. The third-order valence-corrected chi connectivity index (χ3v) is 3.46. The number of aliphatic hydroxyl groups excluding tert-OH is 1. The number of likely N-dealkylation sites (N-methyl/N-ethyl adjacent to an activating group) is 1. The number of nitrogens with zero attached hydrogens (tertiary/aromatic N) is 1. The second-order valence-corrected chi connectivity index (χ2v) is 6.36. The van der Waals surface area contributed by atoms with Gasteiger partial charge in [-0.2, -0.15) is 0 Å². The van der Waals surface area contributed by atoms with Gasteiger partial charge in [0, 0.05) is 19.3 Å². The van der Waals surface area contributed by atoms with Crippen LogP contribution in [0.2, 0.25) is 0 Å². The van der Waals surface area contributed by atoms with Crippen LogP contribution in [-0.4, -0.2) is 31.3 Å². The Balaban J connectivity index is 2.84. The summed E-state index contributed by atoms with van der Waals surface area (Å²) in [6.45, 7) is 9.92. The lowest BCUT2D eigenvalue weighted by Crippen LogP contribution is -2.31. The molecule has 0 fully saturated rings. The zero-order valence-corrected chi connectivity index (χ0v) is 12.9. The molecule has 108 valence electrons. The lowest BCUT2D eigenvalue weighted by atomic mass is 9.86. The van der Waals surface area contributed by atoms with Gasteiger partial charge in [-0.15, -0.1) is 0 Å². The van der Waals surface area contributed by atoms with Crippen molar-refractivity contribution in [2.45, 2.75) is 45.6 Å². The summed E-state index contributed by atoms with van der Waals surface area (Å²) in [6.07, 6.45) is 0.278. The van der Waals surface area contributed by atoms with Crippen molar-refractivity contribution < 1.29 is 5.11 Å². The predicted molar refractivity (Wildman–Crippen MR) is 82.8 cm³/mol. The number of aliphatic hydroxyl groups is 1. The summed E-state index contributed by atoms with van der Waals surface area (Å²) in [5.74, 6) is 0. The minimum absolute atomic E-state index is 0.168. The first-order valence-electron chi connectivity index (χ1n) is 6.96. The van der Waals surface area contributed by atoms with Crippen molar-refractivity contribution >= 4 is 5.69 Å². The first kappa shape index (κ1) is 16.0. The summed E-state index contributed by atoms with van der Waals surface area (Å²) in [4.78, 5) is 2.10. The van der Waals surface area contributed by atoms with E-state index in [1.54, 1.807) is 0 Å². The van der Waals surface area contributed by atoms with E-state index in [2.05, 4.69) is 50.8 Å². The van der Waals surface area contributed by atoms with Crippen LogP contribution in [0, 0.1) is 6.92 Å². The molecular weight excluding hydrogens is 236 g/mol. The lowest BCUT2D eigenvalue weighted by Gasteiger charge is -2.26. The number of nitrogens with two attached hydrogens (primary N) is 1. The molecule has 0 saturated carbocycles. The highest BCUT2D eigenvalue weighted by molar-refractivity contribution is 5.54. The maximum absolute atomic E-state index is 9.83. The van der Waals surface area contributed by atoms with Gasteiger partial charge in [-0.3, -0.25) is 0 Å². The molecule has 3 N–H and O–H groups in total. The van der Waals surface area contributed by atoms with E-state index in [4.69, 9.17) is 5.73 Å². The maximum Gasteiger partial charge on any atom is 0.0726 e. The second-order valence-electron chi connectivity index (χ2n) is 6.36. The molecule has 3 nitrogen and oxygen atoms in total. The normalized spacial score (nSPS) is 13.4. The van der Waals surface area contributed by atoms with Gasteiger partial charge >= 0.3 is 0 Å². The van der Waals surface area contributed by atoms with Gasteiger partial charge in [0.15, 0.2) is 0 Å². The van der Waals surface area contributed by atoms with Crippen LogP contribution in [0.4, 0.5) is 5.69 Å². The highest BCUT2D eigenvalue weighted by Crippen LogP contribution is 2.27. The van der Waals surface area contributed by atoms with E-state index < -0.39 is 0 Å². The Hall–Kier alpha value is -1.06. The van der Waals surface area contributed by atoms with Crippen LogP contribution >= 0.6 is 0 Å². The molecule has 3 heteroatoms. The number of rotatable bonds is 5. The summed E-state index contributed by atoms with van der Waals surface area (Å²) in [5, 5.41) is 9.83. The van der Waals surface area contributed by atoms with Crippen LogP contribution in [0.25, 0.3) is 0 Å². The van der Waals surface area contributed by atoms with Crippen LogP contribution in [0.15, 0.2) is 18.2 Å². The molecule has 1 rings (SSSR count). The number of hydrogen-bond donors (Lipinski definition) is 2. The fraction of sp³-hybridized carbons (Fsp3) is 0.625. The van der Waals surface area contributed by atoms with Crippen molar-refractivity contribution in [2.24, 2.45) is 5.73 Å². The van der Waals surface area contributed by atoms with E-state index in [0.29, 0.717) is 19.5 Å². The molecule has 1 atom stereocenters. The van der Waals surface area contributed by atoms with Gasteiger partial charge in [-0.25, -0.2) is 0 Å². The third-order valence-electron chi connectivity index (χ3n) is 3.46. The molecule has 0 aliphatic carbocycles. The van der Waals surface area contributed by atoms with Gasteiger partial charge in [0.1, 0.15) is 0 Å². The fourth-order valence-corrected chi connectivity index (χ4v) is 2.25. The minimum atomic E-state index is -0.364. The quantitative estimate of drug-likeness (QED) is 0.859. The first-order valence-corrected chi connectivity index (χ1v) is 6.96. The van der Waals surface area contributed by atoms with Gasteiger partial charge in [-0.1, -0.05) is 32.9 Å². The van der Waals surface area contributed by atoms with E-state index in [1.165, 1.54) is 16.8 Å². The van der Waals surface area contributed by atoms with Crippen LogP contribution in [0.1, 0.15) is 38.3 Å². The highest BCUT2D eigenvalue weighted by atomic mass is 16.3. The second kappa shape index (κ2) is 6.40. The molecular formula is C16H28N2O. The molecule has 1 aromatic carbocycles. The van der Waals surface area contributed by atoms with Crippen molar-refractivity contribution in [3.8, 4) is 0 Å². The Morgan fingerprint density at radius 1 is 1.32 bits per heavy atom. The SMILES string of the molecule is Cc1cc(C(C)(C)C)ccc1N(C)CC(O)CCN. The average Bonchev–Trinajstić information content (AvgIpc) is 2.27. The van der Waals surface area contributed by atoms with E-state index in [-0.39, 0.29) is 11.5 Å². The van der Waals surface area contributed by atoms with Gasteiger partial charge in [-0.05, 0) is 42.5 Å². The molecule has 0 aromatic heterocycles.